The van der Waals surface area contributed by atoms with Crippen LogP contribution in [-0.2, 0) is 9.53 Å². The highest BCUT2D eigenvalue weighted by Gasteiger charge is 2.30. The van der Waals surface area contributed by atoms with Crippen LogP contribution in [0.5, 0.6) is 0 Å². The molecule has 3 rings (SSSR count). The monoisotopic (exact) mass is 410 g/mol. The Labute approximate surface area is 165 Å². The highest BCUT2D eigenvalue weighted by molar-refractivity contribution is 5.94. The summed E-state index contributed by atoms with van der Waals surface area (Å²) in [6, 6.07) is 1.41. The lowest BCUT2D eigenvalue weighted by molar-refractivity contribution is -0.117. The molecule has 2 unspecified atom stereocenters. The molecule has 0 radical (unpaired) electrons. The van der Waals surface area contributed by atoms with Crippen molar-refractivity contribution in [2.24, 2.45) is 11.8 Å². The average molecular weight is 410 g/mol. The number of ether oxygens (including phenoxy) is 1. The number of hydrogen-bond donors (Lipinski definition) is 2. The van der Waals surface area contributed by atoms with E-state index in [1.807, 2.05) is 6.92 Å². The quantitative estimate of drug-likeness (QED) is 0.687. The number of halogens is 3. The van der Waals surface area contributed by atoms with Crippen molar-refractivity contribution in [3.05, 3.63) is 41.4 Å². The van der Waals surface area contributed by atoms with E-state index >= 15 is 0 Å². The predicted octanol–water partition coefficient (Wildman–Crippen LogP) is 2.98. The molecule has 0 aliphatic heterocycles. The van der Waals surface area contributed by atoms with E-state index < -0.39 is 18.7 Å². The van der Waals surface area contributed by atoms with E-state index in [-0.39, 0.29) is 41.7 Å². The zero-order valence-electron chi connectivity index (χ0n) is 15.7. The first-order valence-electron chi connectivity index (χ1n) is 9.24. The van der Waals surface area contributed by atoms with Crippen molar-refractivity contribution in [2.75, 3.05) is 11.9 Å². The molecule has 2 N–H and O–H groups in total. The first-order chi connectivity index (χ1) is 13.8. The summed E-state index contributed by atoms with van der Waals surface area (Å²) >= 11 is 0. The molecular weight excluding hydrogens is 389 g/mol. The van der Waals surface area contributed by atoms with Crippen molar-refractivity contribution in [2.45, 2.75) is 39.0 Å². The molecule has 1 fully saturated rings. The van der Waals surface area contributed by atoms with E-state index in [1.54, 1.807) is 6.08 Å². The molecule has 1 saturated carbocycles. The first-order valence-corrected chi connectivity index (χ1v) is 9.24. The number of hydrogen-bond acceptors (Lipinski definition) is 5. The van der Waals surface area contributed by atoms with Crippen LogP contribution >= 0.6 is 0 Å². The second kappa shape index (κ2) is 9.06. The van der Waals surface area contributed by atoms with Gasteiger partial charge in [0.15, 0.2) is 0 Å². The standard InChI is InChI=1S/C19H21F3N4O3/c1-10-6-11(8-13(7-10)29-16(22)15(20)21)9-24-18(28)14-4-5-23-19(25-14)26-17(27)12-2-3-12/h4-5,7-8,10,12,15-16H,2-3,6,9H2,1H3,(H,24,28)(H,23,25,26,27). The fraction of sp³-hybridized carbons (Fsp3) is 0.474. The fourth-order valence-corrected chi connectivity index (χ4v) is 2.83. The van der Waals surface area contributed by atoms with Gasteiger partial charge in [0.05, 0.1) is 0 Å². The lowest BCUT2D eigenvalue weighted by Crippen LogP contribution is -2.28. The van der Waals surface area contributed by atoms with Gasteiger partial charge in [-0.2, -0.15) is 4.39 Å². The molecule has 2 atom stereocenters. The lowest BCUT2D eigenvalue weighted by atomic mass is 9.95. The highest BCUT2D eigenvalue weighted by atomic mass is 19.3. The van der Waals surface area contributed by atoms with Crippen molar-refractivity contribution in [1.29, 1.82) is 0 Å². The van der Waals surface area contributed by atoms with Crippen molar-refractivity contribution in [1.82, 2.24) is 15.3 Å². The van der Waals surface area contributed by atoms with E-state index in [4.69, 9.17) is 0 Å². The Morgan fingerprint density at radius 2 is 2.07 bits per heavy atom. The van der Waals surface area contributed by atoms with Crippen LogP contribution in [0.3, 0.4) is 0 Å². The van der Waals surface area contributed by atoms with Crippen LogP contribution in [-0.4, -0.2) is 41.1 Å². The van der Waals surface area contributed by atoms with Crippen molar-refractivity contribution in [3.63, 3.8) is 0 Å². The number of alkyl halides is 3. The third-order valence-electron chi connectivity index (χ3n) is 4.37. The van der Waals surface area contributed by atoms with Gasteiger partial charge in [-0.25, -0.2) is 18.7 Å². The Hall–Kier alpha value is -2.91. The normalized spacial score (nSPS) is 19.8. The maximum atomic E-state index is 13.1. The number of rotatable bonds is 8. The van der Waals surface area contributed by atoms with Gasteiger partial charge in [-0.15, -0.1) is 0 Å². The number of amides is 2. The summed E-state index contributed by atoms with van der Waals surface area (Å²) in [6.45, 7) is 1.94. The molecule has 29 heavy (non-hydrogen) atoms. The summed E-state index contributed by atoms with van der Waals surface area (Å²) in [5.41, 5.74) is 0.769. The van der Waals surface area contributed by atoms with Gasteiger partial charge in [-0.1, -0.05) is 6.92 Å². The number of nitrogens with zero attached hydrogens (tertiary/aromatic N) is 2. The van der Waals surface area contributed by atoms with E-state index in [1.165, 1.54) is 18.3 Å². The first kappa shape index (κ1) is 20.8. The van der Waals surface area contributed by atoms with Gasteiger partial charge in [0, 0.05) is 18.7 Å². The molecule has 10 heteroatoms. The van der Waals surface area contributed by atoms with E-state index in [0.29, 0.717) is 12.0 Å². The average Bonchev–Trinajstić information content (AvgIpc) is 3.51. The van der Waals surface area contributed by atoms with Crippen LogP contribution in [0.2, 0.25) is 0 Å². The molecule has 0 aromatic carbocycles. The Balaban J connectivity index is 1.57. The maximum Gasteiger partial charge on any atom is 0.304 e. The molecule has 1 aromatic heterocycles. The van der Waals surface area contributed by atoms with Crippen LogP contribution in [0, 0.1) is 11.8 Å². The number of aromatic nitrogens is 2. The van der Waals surface area contributed by atoms with Gasteiger partial charge in [-0.3, -0.25) is 14.9 Å². The number of anilines is 1. The summed E-state index contributed by atoms with van der Waals surface area (Å²) < 4.78 is 42.4. The molecule has 0 spiro atoms. The molecule has 0 bridgehead atoms. The van der Waals surface area contributed by atoms with Crippen LogP contribution in [0.1, 0.15) is 36.7 Å². The third-order valence-corrected chi connectivity index (χ3v) is 4.37. The number of carbonyl (C=O) groups is 2. The molecule has 0 saturated heterocycles. The van der Waals surface area contributed by atoms with Crippen molar-refractivity contribution < 1.29 is 27.5 Å². The summed E-state index contributed by atoms with van der Waals surface area (Å²) in [4.78, 5) is 32.1. The number of carbonyl (C=O) groups excluding carboxylic acids is 2. The Morgan fingerprint density at radius 3 is 2.76 bits per heavy atom. The molecule has 1 heterocycles. The highest BCUT2D eigenvalue weighted by Crippen LogP contribution is 2.29. The Morgan fingerprint density at radius 1 is 1.31 bits per heavy atom. The molecule has 2 aliphatic carbocycles. The van der Waals surface area contributed by atoms with E-state index in [9.17, 15) is 22.8 Å². The molecular formula is C19H21F3N4O3. The predicted molar refractivity (Wildman–Crippen MR) is 97.7 cm³/mol. The zero-order valence-corrected chi connectivity index (χ0v) is 15.7. The van der Waals surface area contributed by atoms with Crippen molar-refractivity contribution >= 4 is 17.8 Å². The Kier molecular flexibility index (Phi) is 6.50. The van der Waals surface area contributed by atoms with Crippen LogP contribution in [0.25, 0.3) is 0 Å². The van der Waals surface area contributed by atoms with Gasteiger partial charge in [0.2, 0.25) is 11.9 Å². The van der Waals surface area contributed by atoms with E-state index in [0.717, 1.165) is 12.8 Å². The smallest absolute Gasteiger partial charge is 0.304 e. The third kappa shape index (κ3) is 6.03. The van der Waals surface area contributed by atoms with Gasteiger partial charge < -0.3 is 10.1 Å². The lowest BCUT2D eigenvalue weighted by Gasteiger charge is -2.20. The zero-order chi connectivity index (χ0) is 21.0. The summed E-state index contributed by atoms with van der Waals surface area (Å²) in [6.07, 6.45) is 0.648. The minimum absolute atomic E-state index is 0.00732. The number of nitrogens with one attached hydrogen (secondary N) is 2. The molecule has 7 nitrogen and oxygen atoms in total. The van der Waals surface area contributed by atoms with Gasteiger partial charge in [0.1, 0.15) is 11.5 Å². The van der Waals surface area contributed by atoms with Crippen LogP contribution < -0.4 is 10.6 Å². The van der Waals surface area contributed by atoms with Crippen molar-refractivity contribution in [3.8, 4) is 0 Å². The molecule has 156 valence electrons. The second-order valence-corrected chi connectivity index (χ2v) is 7.07. The van der Waals surface area contributed by atoms with Crippen LogP contribution in [0.4, 0.5) is 19.1 Å². The Bertz CT molecular complexity index is 840. The van der Waals surface area contributed by atoms with E-state index in [2.05, 4.69) is 25.3 Å². The summed E-state index contributed by atoms with van der Waals surface area (Å²) in [5.74, 6) is -0.675. The number of allylic oxidation sites excluding steroid dienone is 2. The minimum atomic E-state index is -3.24. The second-order valence-electron chi connectivity index (χ2n) is 7.07. The van der Waals surface area contributed by atoms with Gasteiger partial charge >= 0.3 is 6.43 Å². The molecule has 1 aromatic rings. The minimum Gasteiger partial charge on any atom is -0.455 e. The van der Waals surface area contributed by atoms with Gasteiger partial charge in [0.25, 0.3) is 12.3 Å². The molecule has 2 aliphatic rings. The van der Waals surface area contributed by atoms with Gasteiger partial charge in [-0.05, 0) is 49.0 Å². The largest absolute Gasteiger partial charge is 0.455 e. The van der Waals surface area contributed by atoms with Crippen LogP contribution in [0.15, 0.2) is 35.7 Å². The molecule has 2 amide bonds. The maximum absolute atomic E-state index is 13.1. The SMILES string of the molecule is CC1C=C(OC(F)C(F)F)C=C(CNC(=O)c2ccnc(NC(=O)C3CC3)n2)C1. The summed E-state index contributed by atoms with van der Waals surface area (Å²) in [5, 5.41) is 5.24. The fourth-order valence-electron chi connectivity index (χ4n) is 2.83. The topological polar surface area (TPSA) is 93.2 Å². The summed E-state index contributed by atoms with van der Waals surface area (Å²) in [7, 11) is 0.